The van der Waals surface area contributed by atoms with Gasteiger partial charge in [0.05, 0.1) is 0 Å². The molecule has 3 aromatic carbocycles. The Morgan fingerprint density at radius 3 is 2.00 bits per heavy atom. The number of rotatable bonds is 12. The summed E-state index contributed by atoms with van der Waals surface area (Å²) in [5, 5.41) is 5.65. The van der Waals surface area contributed by atoms with Crippen molar-refractivity contribution in [3.05, 3.63) is 108 Å². The molecule has 0 unspecified atom stereocenters. The van der Waals surface area contributed by atoms with E-state index < -0.39 is 23.9 Å². The standard InChI is InChI=1S/C30H29N5O4/c31-29(37)27(14-21-16-32-25-12-6-4-10-23(21)25)34-30(38)28(15-22-17-33-26-13-7-5-11-24(22)26)35(19-36)39-18-20-8-2-1-3-9-20/h1-13,16-17,19,27-28,32-33H,14-15,18H2,(H2,31,37)(H,34,38)/t27-,28-/m0/s1. The van der Waals surface area contributed by atoms with Gasteiger partial charge in [0, 0.05) is 47.0 Å². The summed E-state index contributed by atoms with van der Waals surface area (Å²) in [5.74, 6) is -1.23. The molecule has 0 aliphatic heterocycles. The monoisotopic (exact) mass is 523 g/mol. The van der Waals surface area contributed by atoms with E-state index in [1.165, 1.54) is 0 Å². The van der Waals surface area contributed by atoms with Crippen LogP contribution in [0, 0.1) is 0 Å². The topological polar surface area (TPSA) is 133 Å². The van der Waals surface area contributed by atoms with E-state index in [-0.39, 0.29) is 19.4 Å². The molecule has 0 aliphatic rings. The van der Waals surface area contributed by atoms with Crippen molar-refractivity contribution in [2.24, 2.45) is 5.73 Å². The van der Waals surface area contributed by atoms with Crippen LogP contribution in [0.2, 0.25) is 0 Å². The zero-order chi connectivity index (χ0) is 27.2. The number of amides is 3. The highest BCUT2D eigenvalue weighted by Crippen LogP contribution is 2.22. The number of nitrogens with one attached hydrogen (secondary N) is 3. The second-order valence-corrected chi connectivity index (χ2v) is 9.33. The lowest BCUT2D eigenvalue weighted by atomic mass is 10.0. The van der Waals surface area contributed by atoms with E-state index in [0.29, 0.717) is 6.41 Å². The van der Waals surface area contributed by atoms with Gasteiger partial charge in [-0.1, -0.05) is 66.7 Å². The first-order valence-corrected chi connectivity index (χ1v) is 12.6. The molecule has 9 nitrogen and oxygen atoms in total. The SMILES string of the molecule is NC(=O)[C@H](Cc1c[nH]c2ccccc12)NC(=O)[C@H](Cc1c[nH]c2ccccc12)N(C=O)OCc1ccccc1. The lowest BCUT2D eigenvalue weighted by Gasteiger charge is -2.28. The molecule has 0 fully saturated rings. The summed E-state index contributed by atoms with van der Waals surface area (Å²) < 4.78 is 0. The van der Waals surface area contributed by atoms with Crippen molar-refractivity contribution in [1.29, 1.82) is 0 Å². The van der Waals surface area contributed by atoms with Gasteiger partial charge in [-0.15, -0.1) is 0 Å². The van der Waals surface area contributed by atoms with Gasteiger partial charge in [-0.25, -0.2) is 5.06 Å². The smallest absolute Gasteiger partial charge is 0.246 e. The zero-order valence-corrected chi connectivity index (χ0v) is 21.2. The second kappa shape index (κ2) is 11.7. The van der Waals surface area contributed by atoms with E-state index in [1.54, 1.807) is 6.20 Å². The summed E-state index contributed by atoms with van der Waals surface area (Å²) in [4.78, 5) is 50.5. The first-order valence-electron chi connectivity index (χ1n) is 12.6. The van der Waals surface area contributed by atoms with Crippen molar-refractivity contribution in [1.82, 2.24) is 20.3 Å². The molecule has 198 valence electrons. The van der Waals surface area contributed by atoms with Crippen molar-refractivity contribution < 1.29 is 19.2 Å². The van der Waals surface area contributed by atoms with Gasteiger partial charge in [-0.2, -0.15) is 0 Å². The summed E-state index contributed by atoms with van der Waals surface area (Å²) in [5.41, 5.74) is 10.0. The average molecular weight is 524 g/mol. The highest BCUT2D eigenvalue weighted by Gasteiger charge is 2.31. The number of hydrogen-bond donors (Lipinski definition) is 4. The average Bonchev–Trinajstić information content (AvgIpc) is 3.57. The quantitative estimate of drug-likeness (QED) is 0.147. The van der Waals surface area contributed by atoms with Crippen LogP contribution >= 0.6 is 0 Å². The third kappa shape index (κ3) is 5.83. The number of nitrogens with two attached hydrogens (primary N) is 1. The number of aromatic nitrogens is 2. The number of para-hydroxylation sites is 2. The van der Waals surface area contributed by atoms with E-state index >= 15 is 0 Å². The fourth-order valence-electron chi connectivity index (χ4n) is 4.74. The maximum absolute atomic E-state index is 13.7. The molecule has 5 N–H and O–H groups in total. The summed E-state index contributed by atoms with van der Waals surface area (Å²) in [6.07, 6.45) is 4.44. The number of hydrogen-bond acceptors (Lipinski definition) is 4. The third-order valence-electron chi connectivity index (χ3n) is 6.78. The van der Waals surface area contributed by atoms with Crippen molar-refractivity contribution in [2.75, 3.05) is 0 Å². The summed E-state index contributed by atoms with van der Waals surface area (Å²) in [6, 6.07) is 22.7. The predicted molar refractivity (Wildman–Crippen MR) is 148 cm³/mol. The van der Waals surface area contributed by atoms with Crippen LogP contribution in [0.5, 0.6) is 0 Å². The first-order chi connectivity index (χ1) is 19.0. The van der Waals surface area contributed by atoms with E-state index in [0.717, 1.165) is 43.6 Å². The predicted octanol–water partition coefficient (Wildman–Crippen LogP) is 3.36. The molecular weight excluding hydrogens is 494 g/mol. The van der Waals surface area contributed by atoms with Crippen molar-refractivity contribution in [3.8, 4) is 0 Å². The molecule has 2 aromatic heterocycles. The molecule has 0 bridgehead atoms. The van der Waals surface area contributed by atoms with Gasteiger partial charge in [0.25, 0.3) is 0 Å². The first kappa shape index (κ1) is 25.7. The lowest BCUT2D eigenvalue weighted by Crippen LogP contribution is -2.54. The number of primary amides is 1. The molecule has 0 saturated heterocycles. The Bertz CT molecular complexity index is 1590. The number of H-pyrrole nitrogens is 2. The van der Waals surface area contributed by atoms with E-state index in [1.807, 2.05) is 85.1 Å². The molecule has 5 aromatic rings. The minimum absolute atomic E-state index is 0.0891. The van der Waals surface area contributed by atoms with Gasteiger partial charge < -0.3 is 21.0 Å². The number of carbonyl (C=O) groups excluding carboxylic acids is 3. The van der Waals surface area contributed by atoms with Crippen LogP contribution in [0.4, 0.5) is 0 Å². The summed E-state index contributed by atoms with van der Waals surface area (Å²) in [7, 11) is 0. The lowest BCUT2D eigenvalue weighted by molar-refractivity contribution is -0.195. The van der Waals surface area contributed by atoms with Crippen molar-refractivity contribution >= 4 is 40.0 Å². The molecule has 3 amide bonds. The van der Waals surface area contributed by atoms with Gasteiger partial charge in [-0.3, -0.25) is 19.2 Å². The Morgan fingerprint density at radius 1 is 0.846 bits per heavy atom. The minimum Gasteiger partial charge on any atom is -0.368 e. The van der Waals surface area contributed by atoms with Crippen LogP contribution < -0.4 is 11.1 Å². The van der Waals surface area contributed by atoms with Gasteiger partial charge in [0.2, 0.25) is 18.2 Å². The molecule has 39 heavy (non-hydrogen) atoms. The Kier molecular flexibility index (Phi) is 7.70. The normalized spacial score (nSPS) is 12.7. The van der Waals surface area contributed by atoms with E-state index in [2.05, 4.69) is 15.3 Å². The number of hydroxylamine groups is 2. The maximum atomic E-state index is 13.7. The largest absolute Gasteiger partial charge is 0.368 e. The summed E-state index contributed by atoms with van der Waals surface area (Å²) in [6.45, 7) is 0.0891. The van der Waals surface area contributed by atoms with Crippen LogP contribution in [0.25, 0.3) is 21.8 Å². The third-order valence-corrected chi connectivity index (χ3v) is 6.78. The van der Waals surface area contributed by atoms with Crippen molar-refractivity contribution in [3.63, 3.8) is 0 Å². The second-order valence-electron chi connectivity index (χ2n) is 9.33. The van der Waals surface area contributed by atoms with Crippen LogP contribution in [0.3, 0.4) is 0 Å². The van der Waals surface area contributed by atoms with Crippen LogP contribution in [0.15, 0.2) is 91.3 Å². The van der Waals surface area contributed by atoms with Crippen LogP contribution in [0.1, 0.15) is 16.7 Å². The Labute approximate surface area is 224 Å². The van der Waals surface area contributed by atoms with Crippen molar-refractivity contribution in [2.45, 2.75) is 31.5 Å². The molecule has 2 heterocycles. The van der Waals surface area contributed by atoms with E-state index in [9.17, 15) is 14.4 Å². The molecule has 0 saturated carbocycles. The van der Waals surface area contributed by atoms with Gasteiger partial charge in [-0.05, 0) is 28.8 Å². The maximum Gasteiger partial charge on any atom is 0.246 e. The number of benzene rings is 3. The number of carbonyl (C=O) groups is 3. The Balaban J connectivity index is 1.40. The van der Waals surface area contributed by atoms with Gasteiger partial charge in [0.1, 0.15) is 18.7 Å². The molecule has 0 radical (unpaired) electrons. The number of aromatic amines is 2. The Morgan fingerprint density at radius 2 is 1.41 bits per heavy atom. The molecule has 0 spiro atoms. The highest BCUT2D eigenvalue weighted by atomic mass is 16.7. The highest BCUT2D eigenvalue weighted by molar-refractivity contribution is 5.92. The Hall–Kier alpha value is -4.89. The molecular formula is C30H29N5O4. The van der Waals surface area contributed by atoms with E-state index in [4.69, 9.17) is 10.6 Å². The summed E-state index contributed by atoms with van der Waals surface area (Å²) >= 11 is 0. The minimum atomic E-state index is -1.06. The fourth-order valence-corrected chi connectivity index (χ4v) is 4.74. The number of fused-ring (bicyclic) bond motifs is 2. The van der Waals surface area contributed by atoms with Gasteiger partial charge >= 0.3 is 0 Å². The zero-order valence-electron chi connectivity index (χ0n) is 21.2. The molecule has 2 atom stereocenters. The molecule has 9 heteroatoms. The van der Waals surface area contributed by atoms with Gasteiger partial charge in [0.15, 0.2) is 0 Å². The number of nitrogens with zero attached hydrogens (tertiary/aromatic N) is 1. The molecule has 5 rings (SSSR count). The fraction of sp³-hybridized carbons (Fsp3) is 0.167. The van der Waals surface area contributed by atoms with Crippen LogP contribution in [-0.4, -0.2) is 45.3 Å². The van der Waals surface area contributed by atoms with Crippen LogP contribution in [-0.2, 0) is 38.7 Å². The molecule has 0 aliphatic carbocycles.